The number of carbonyl (C=O) groups is 2. The fourth-order valence-electron chi connectivity index (χ4n) is 1.40. The van der Waals surface area contributed by atoms with Gasteiger partial charge in [0.05, 0.1) is 5.69 Å². The van der Waals surface area contributed by atoms with E-state index in [1.165, 1.54) is 11.3 Å². The number of benzene rings is 1. The highest BCUT2D eigenvalue weighted by molar-refractivity contribution is 7.12. The van der Waals surface area contributed by atoms with Crippen LogP contribution in [0.2, 0.25) is 0 Å². The van der Waals surface area contributed by atoms with Crippen molar-refractivity contribution < 1.29 is 14.3 Å². The van der Waals surface area contributed by atoms with Crippen molar-refractivity contribution in [3.05, 3.63) is 46.7 Å². The second-order valence-corrected chi connectivity index (χ2v) is 4.61. The third-order valence-corrected chi connectivity index (χ3v) is 3.18. The molecule has 1 aromatic heterocycles. The molecular formula is C13H12N2O3S. The maximum Gasteiger partial charge on any atom is 0.350 e. The summed E-state index contributed by atoms with van der Waals surface area (Å²) in [5, 5.41) is 4.30. The molecule has 0 bridgehead atoms. The molecule has 0 aliphatic heterocycles. The average molecular weight is 276 g/mol. The number of carbonyl (C=O) groups excluding carboxylic acids is 2. The lowest BCUT2D eigenvalue weighted by molar-refractivity contribution is -0.119. The fraction of sp³-hybridized carbons (Fsp3) is 0.0769. The number of nitrogens with one attached hydrogen (secondary N) is 1. The van der Waals surface area contributed by atoms with Crippen molar-refractivity contribution in [3.8, 4) is 0 Å². The third kappa shape index (κ3) is 3.56. The monoisotopic (exact) mass is 276 g/mol. The summed E-state index contributed by atoms with van der Waals surface area (Å²) in [6.45, 7) is -0.342. The SMILES string of the molecule is Nc1ccsc1C(=O)OCC(=O)Nc1ccccc1. The molecule has 3 N–H and O–H groups in total. The van der Waals surface area contributed by atoms with Crippen LogP contribution in [0.3, 0.4) is 0 Å². The van der Waals surface area contributed by atoms with Crippen LogP contribution in [0.5, 0.6) is 0 Å². The van der Waals surface area contributed by atoms with Gasteiger partial charge in [0.1, 0.15) is 4.88 Å². The van der Waals surface area contributed by atoms with Crippen molar-refractivity contribution >= 4 is 34.6 Å². The molecule has 2 aromatic rings. The number of amides is 1. The maximum atomic E-state index is 11.6. The highest BCUT2D eigenvalue weighted by atomic mass is 32.1. The Balaban J connectivity index is 1.84. The quantitative estimate of drug-likeness (QED) is 0.838. The van der Waals surface area contributed by atoms with Gasteiger partial charge in [-0.1, -0.05) is 18.2 Å². The Kier molecular flexibility index (Phi) is 4.15. The Morgan fingerprint density at radius 3 is 2.58 bits per heavy atom. The highest BCUT2D eigenvalue weighted by Crippen LogP contribution is 2.19. The standard InChI is InChI=1S/C13H12N2O3S/c14-10-6-7-19-12(10)13(17)18-8-11(16)15-9-4-2-1-3-5-9/h1-7H,8,14H2,(H,15,16). The number of rotatable bonds is 4. The molecule has 6 heteroatoms. The Bertz CT molecular complexity index is 581. The summed E-state index contributed by atoms with van der Waals surface area (Å²) < 4.78 is 4.88. The minimum absolute atomic E-state index is 0.313. The first kappa shape index (κ1) is 13.1. The van der Waals surface area contributed by atoms with Crippen LogP contribution < -0.4 is 11.1 Å². The average Bonchev–Trinajstić information content (AvgIpc) is 2.83. The normalized spacial score (nSPS) is 9.89. The number of hydrogen-bond acceptors (Lipinski definition) is 5. The fourth-order valence-corrected chi connectivity index (χ4v) is 2.11. The number of thiophene rings is 1. The van der Waals surface area contributed by atoms with Crippen LogP contribution in [-0.4, -0.2) is 18.5 Å². The molecule has 0 saturated heterocycles. The van der Waals surface area contributed by atoms with Crippen LogP contribution in [0, 0.1) is 0 Å². The Hall–Kier alpha value is -2.34. The maximum absolute atomic E-state index is 11.6. The molecule has 0 saturated carbocycles. The summed E-state index contributed by atoms with van der Waals surface area (Å²) in [6, 6.07) is 10.6. The molecular weight excluding hydrogens is 264 g/mol. The summed E-state index contributed by atoms with van der Waals surface area (Å²) in [7, 11) is 0. The van der Waals surface area contributed by atoms with Crippen LogP contribution >= 0.6 is 11.3 Å². The van der Waals surface area contributed by atoms with Crippen molar-refractivity contribution in [2.24, 2.45) is 0 Å². The smallest absolute Gasteiger partial charge is 0.350 e. The second kappa shape index (κ2) is 6.01. The van der Waals surface area contributed by atoms with Gasteiger partial charge < -0.3 is 15.8 Å². The van der Waals surface area contributed by atoms with Gasteiger partial charge in [-0.15, -0.1) is 11.3 Å². The van der Waals surface area contributed by atoms with E-state index in [4.69, 9.17) is 10.5 Å². The number of anilines is 2. The van der Waals surface area contributed by atoms with E-state index in [1.54, 1.807) is 35.7 Å². The number of hydrogen-bond donors (Lipinski definition) is 2. The predicted octanol–water partition coefficient (Wildman–Crippen LogP) is 2.13. The molecule has 1 aromatic carbocycles. The van der Waals surface area contributed by atoms with Crippen LogP contribution in [-0.2, 0) is 9.53 Å². The van der Waals surface area contributed by atoms with Crippen LogP contribution in [0.15, 0.2) is 41.8 Å². The molecule has 5 nitrogen and oxygen atoms in total. The van der Waals surface area contributed by atoms with E-state index in [-0.39, 0.29) is 6.61 Å². The van der Waals surface area contributed by atoms with Crippen molar-refractivity contribution in [1.29, 1.82) is 0 Å². The largest absolute Gasteiger partial charge is 0.451 e. The molecule has 0 radical (unpaired) electrons. The van der Waals surface area contributed by atoms with E-state index >= 15 is 0 Å². The van der Waals surface area contributed by atoms with E-state index in [0.29, 0.717) is 16.3 Å². The molecule has 98 valence electrons. The van der Waals surface area contributed by atoms with Gasteiger partial charge in [-0.3, -0.25) is 4.79 Å². The van der Waals surface area contributed by atoms with Crippen LogP contribution in [0.1, 0.15) is 9.67 Å². The Morgan fingerprint density at radius 2 is 1.95 bits per heavy atom. The lowest BCUT2D eigenvalue weighted by Gasteiger charge is -2.05. The van der Waals surface area contributed by atoms with Gasteiger partial charge in [-0.05, 0) is 23.6 Å². The molecule has 0 aliphatic carbocycles. The molecule has 2 rings (SSSR count). The van der Waals surface area contributed by atoms with E-state index in [9.17, 15) is 9.59 Å². The van der Waals surface area contributed by atoms with Gasteiger partial charge >= 0.3 is 5.97 Å². The van der Waals surface area contributed by atoms with Crippen molar-refractivity contribution in [2.45, 2.75) is 0 Å². The second-order valence-electron chi connectivity index (χ2n) is 3.70. The van der Waals surface area contributed by atoms with Gasteiger partial charge in [-0.2, -0.15) is 0 Å². The number of para-hydroxylation sites is 1. The summed E-state index contributed by atoms with van der Waals surface area (Å²) >= 11 is 1.18. The van der Waals surface area contributed by atoms with Crippen LogP contribution in [0.4, 0.5) is 11.4 Å². The van der Waals surface area contributed by atoms with Crippen LogP contribution in [0.25, 0.3) is 0 Å². The lowest BCUT2D eigenvalue weighted by Crippen LogP contribution is -2.20. The lowest BCUT2D eigenvalue weighted by atomic mass is 10.3. The number of nitrogens with two attached hydrogens (primary N) is 1. The number of ether oxygens (including phenoxy) is 1. The molecule has 19 heavy (non-hydrogen) atoms. The molecule has 0 fully saturated rings. The minimum Gasteiger partial charge on any atom is -0.451 e. The summed E-state index contributed by atoms with van der Waals surface area (Å²) in [5.41, 5.74) is 6.59. The minimum atomic E-state index is -0.587. The number of esters is 1. The predicted molar refractivity (Wildman–Crippen MR) is 74.1 cm³/mol. The van der Waals surface area contributed by atoms with Gasteiger partial charge in [0.15, 0.2) is 6.61 Å². The topological polar surface area (TPSA) is 81.4 Å². The van der Waals surface area contributed by atoms with E-state index in [2.05, 4.69) is 5.32 Å². The molecule has 0 unspecified atom stereocenters. The zero-order chi connectivity index (χ0) is 13.7. The first-order valence-corrected chi connectivity index (χ1v) is 6.40. The molecule has 1 amide bonds. The first-order valence-electron chi connectivity index (χ1n) is 5.52. The Morgan fingerprint density at radius 1 is 1.21 bits per heavy atom. The summed E-state index contributed by atoms with van der Waals surface area (Å²) in [5.74, 6) is -0.981. The first-order chi connectivity index (χ1) is 9.16. The van der Waals surface area contributed by atoms with Gasteiger partial charge in [0.25, 0.3) is 5.91 Å². The zero-order valence-electron chi connectivity index (χ0n) is 9.96. The van der Waals surface area contributed by atoms with E-state index in [1.807, 2.05) is 6.07 Å². The summed E-state index contributed by atoms with van der Waals surface area (Å²) in [6.07, 6.45) is 0. The van der Waals surface area contributed by atoms with Gasteiger partial charge in [0.2, 0.25) is 0 Å². The molecule has 1 heterocycles. The molecule has 0 aliphatic rings. The zero-order valence-corrected chi connectivity index (χ0v) is 10.8. The van der Waals surface area contributed by atoms with Gasteiger partial charge in [-0.25, -0.2) is 4.79 Å². The van der Waals surface area contributed by atoms with Crippen molar-refractivity contribution in [3.63, 3.8) is 0 Å². The molecule has 0 atom stereocenters. The van der Waals surface area contributed by atoms with E-state index < -0.39 is 11.9 Å². The van der Waals surface area contributed by atoms with E-state index in [0.717, 1.165) is 0 Å². The third-order valence-electron chi connectivity index (χ3n) is 2.27. The van der Waals surface area contributed by atoms with Crippen molar-refractivity contribution in [1.82, 2.24) is 0 Å². The van der Waals surface area contributed by atoms with Gasteiger partial charge in [0, 0.05) is 5.69 Å². The molecule has 0 spiro atoms. The summed E-state index contributed by atoms with van der Waals surface area (Å²) in [4.78, 5) is 23.5. The number of nitrogen functional groups attached to an aromatic ring is 1. The Labute approximate surface area is 114 Å². The van der Waals surface area contributed by atoms with Crippen molar-refractivity contribution in [2.75, 3.05) is 17.7 Å². The highest BCUT2D eigenvalue weighted by Gasteiger charge is 2.14.